The van der Waals surface area contributed by atoms with Gasteiger partial charge in [-0.3, -0.25) is 0 Å². The molecule has 0 atom stereocenters. The Hall–Kier alpha value is -3.12. The highest BCUT2D eigenvalue weighted by Crippen LogP contribution is 2.37. The van der Waals surface area contributed by atoms with Crippen molar-refractivity contribution in [3.05, 3.63) is 60.9 Å². The van der Waals surface area contributed by atoms with Crippen molar-refractivity contribution >= 4 is 33.1 Å². The van der Waals surface area contributed by atoms with Crippen molar-refractivity contribution in [2.24, 2.45) is 0 Å². The molecule has 4 aromatic rings. The van der Waals surface area contributed by atoms with Crippen LogP contribution in [-0.2, 0) is 0 Å². The van der Waals surface area contributed by atoms with Gasteiger partial charge in [0.05, 0.1) is 18.6 Å². The fourth-order valence-electron chi connectivity index (χ4n) is 2.97. The van der Waals surface area contributed by atoms with Crippen molar-refractivity contribution in [2.75, 3.05) is 18.5 Å². The third-order valence-electron chi connectivity index (χ3n) is 4.19. The van der Waals surface area contributed by atoms with E-state index < -0.39 is 0 Å². The standard InChI is InChI=1S/C22H21N3O2S/c1-3-26-18-11-10-16(12-19(18)27-4-2)25-21-17-13-20(15-8-6-5-7-9-15)28-22(17)24-14-23-21/h5-14H,3-4H2,1-2H3,(H,23,24,25). The average molecular weight is 391 g/mol. The van der Waals surface area contributed by atoms with Crippen molar-refractivity contribution < 1.29 is 9.47 Å². The third kappa shape index (κ3) is 3.77. The summed E-state index contributed by atoms with van der Waals surface area (Å²) < 4.78 is 11.4. The number of nitrogens with one attached hydrogen (secondary N) is 1. The van der Waals surface area contributed by atoms with E-state index in [4.69, 9.17) is 9.47 Å². The van der Waals surface area contributed by atoms with Crippen molar-refractivity contribution in [3.63, 3.8) is 0 Å². The number of hydrogen-bond acceptors (Lipinski definition) is 6. The zero-order valence-electron chi connectivity index (χ0n) is 15.8. The number of hydrogen-bond donors (Lipinski definition) is 1. The highest BCUT2D eigenvalue weighted by atomic mass is 32.1. The van der Waals surface area contributed by atoms with Gasteiger partial charge in [-0.2, -0.15) is 0 Å². The Kier molecular flexibility index (Phi) is 5.39. The molecular formula is C22H21N3O2S. The lowest BCUT2D eigenvalue weighted by Crippen LogP contribution is -2.00. The lowest BCUT2D eigenvalue weighted by molar-refractivity contribution is 0.288. The van der Waals surface area contributed by atoms with Gasteiger partial charge in [-0.05, 0) is 37.6 Å². The largest absolute Gasteiger partial charge is 0.490 e. The fourth-order valence-corrected chi connectivity index (χ4v) is 3.97. The number of thiophene rings is 1. The van der Waals surface area contributed by atoms with Gasteiger partial charge >= 0.3 is 0 Å². The molecule has 2 aromatic heterocycles. The lowest BCUT2D eigenvalue weighted by Gasteiger charge is -2.13. The summed E-state index contributed by atoms with van der Waals surface area (Å²) in [7, 11) is 0. The molecule has 5 nitrogen and oxygen atoms in total. The van der Waals surface area contributed by atoms with Crippen LogP contribution in [0.5, 0.6) is 11.5 Å². The summed E-state index contributed by atoms with van der Waals surface area (Å²) in [6.07, 6.45) is 1.59. The summed E-state index contributed by atoms with van der Waals surface area (Å²) in [5.74, 6) is 2.23. The molecule has 6 heteroatoms. The zero-order valence-corrected chi connectivity index (χ0v) is 16.6. The van der Waals surface area contributed by atoms with Crippen molar-refractivity contribution in [2.45, 2.75) is 13.8 Å². The quantitative estimate of drug-likeness (QED) is 0.425. The van der Waals surface area contributed by atoms with Crippen LogP contribution in [0.4, 0.5) is 11.5 Å². The number of ether oxygens (including phenoxy) is 2. The van der Waals surface area contributed by atoms with E-state index in [0.29, 0.717) is 13.2 Å². The molecule has 1 N–H and O–H groups in total. The predicted octanol–water partition coefficient (Wildman–Crippen LogP) is 5.90. The molecule has 0 aliphatic heterocycles. The van der Waals surface area contributed by atoms with E-state index in [2.05, 4.69) is 33.5 Å². The van der Waals surface area contributed by atoms with Gasteiger partial charge in [0.2, 0.25) is 0 Å². The van der Waals surface area contributed by atoms with E-state index in [9.17, 15) is 0 Å². The van der Waals surface area contributed by atoms with Crippen molar-refractivity contribution in [3.8, 4) is 21.9 Å². The molecule has 0 aliphatic carbocycles. The highest BCUT2D eigenvalue weighted by Gasteiger charge is 2.12. The first-order chi connectivity index (χ1) is 13.8. The van der Waals surface area contributed by atoms with Crippen LogP contribution in [0.1, 0.15) is 13.8 Å². The van der Waals surface area contributed by atoms with Crippen LogP contribution >= 0.6 is 11.3 Å². The molecule has 2 aromatic carbocycles. The molecule has 2 heterocycles. The fraction of sp³-hybridized carbons (Fsp3) is 0.182. The van der Waals surface area contributed by atoms with E-state index in [0.717, 1.165) is 33.2 Å². The summed E-state index contributed by atoms with van der Waals surface area (Å²) >= 11 is 1.66. The first-order valence-electron chi connectivity index (χ1n) is 9.25. The average Bonchev–Trinajstić information content (AvgIpc) is 3.16. The first kappa shape index (κ1) is 18.3. The first-order valence-corrected chi connectivity index (χ1v) is 10.1. The minimum absolute atomic E-state index is 0.576. The Balaban J connectivity index is 1.68. The number of anilines is 2. The number of aromatic nitrogens is 2. The van der Waals surface area contributed by atoms with Crippen LogP contribution in [-0.4, -0.2) is 23.2 Å². The number of nitrogens with zero attached hydrogens (tertiary/aromatic N) is 2. The van der Waals surface area contributed by atoms with Gasteiger partial charge in [0.15, 0.2) is 11.5 Å². The summed E-state index contributed by atoms with van der Waals surface area (Å²) in [6.45, 7) is 5.09. The summed E-state index contributed by atoms with van der Waals surface area (Å²) in [5, 5.41) is 4.40. The molecule has 0 amide bonds. The normalized spacial score (nSPS) is 10.8. The van der Waals surface area contributed by atoms with Crippen LogP contribution in [0.2, 0.25) is 0 Å². The van der Waals surface area contributed by atoms with E-state index >= 15 is 0 Å². The predicted molar refractivity (Wildman–Crippen MR) is 115 cm³/mol. The Bertz CT molecular complexity index is 1080. The molecule has 0 fully saturated rings. The molecule has 4 rings (SSSR count). The molecule has 142 valence electrons. The SMILES string of the molecule is CCOc1ccc(Nc2ncnc3sc(-c4ccccc4)cc23)cc1OCC. The van der Waals surface area contributed by atoms with E-state index in [1.165, 1.54) is 10.4 Å². The van der Waals surface area contributed by atoms with Gasteiger partial charge in [0.1, 0.15) is 17.0 Å². The number of benzene rings is 2. The molecule has 0 spiro atoms. The molecule has 0 aliphatic rings. The maximum Gasteiger partial charge on any atom is 0.163 e. The molecular weight excluding hydrogens is 370 g/mol. The van der Waals surface area contributed by atoms with E-state index in [1.807, 2.05) is 50.2 Å². The van der Waals surface area contributed by atoms with Crippen LogP contribution in [0, 0.1) is 0 Å². The molecule has 0 bridgehead atoms. The lowest BCUT2D eigenvalue weighted by atomic mass is 10.2. The minimum atomic E-state index is 0.576. The van der Waals surface area contributed by atoms with Gasteiger partial charge in [-0.1, -0.05) is 30.3 Å². The Morgan fingerprint density at radius 1 is 0.893 bits per heavy atom. The molecule has 0 radical (unpaired) electrons. The zero-order chi connectivity index (χ0) is 19.3. The molecule has 28 heavy (non-hydrogen) atoms. The summed E-state index contributed by atoms with van der Waals surface area (Å²) in [5.41, 5.74) is 2.07. The van der Waals surface area contributed by atoms with Gasteiger partial charge in [-0.25, -0.2) is 9.97 Å². The molecule has 0 saturated carbocycles. The van der Waals surface area contributed by atoms with Crippen molar-refractivity contribution in [1.29, 1.82) is 0 Å². The topological polar surface area (TPSA) is 56.3 Å². The van der Waals surface area contributed by atoms with Crippen LogP contribution in [0.25, 0.3) is 20.7 Å². The van der Waals surface area contributed by atoms with Gasteiger partial charge < -0.3 is 14.8 Å². The summed E-state index contributed by atoms with van der Waals surface area (Å²) in [4.78, 5) is 11.0. The maximum absolute atomic E-state index is 5.72. The second kappa shape index (κ2) is 8.27. The van der Waals surface area contributed by atoms with Crippen molar-refractivity contribution in [1.82, 2.24) is 9.97 Å². The van der Waals surface area contributed by atoms with Gasteiger partial charge in [0.25, 0.3) is 0 Å². The minimum Gasteiger partial charge on any atom is -0.490 e. The Labute approximate surface area is 168 Å². The van der Waals surface area contributed by atoms with Gasteiger partial charge in [-0.15, -0.1) is 11.3 Å². The Morgan fingerprint density at radius 3 is 2.46 bits per heavy atom. The number of rotatable bonds is 7. The smallest absolute Gasteiger partial charge is 0.163 e. The second-order valence-corrected chi connectivity index (χ2v) is 7.10. The van der Waals surface area contributed by atoms with E-state index in [-0.39, 0.29) is 0 Å². The van der Waals surface area contributed by atoms with Crippen LogP contribution < -0.4 is 14.8 Å². The van der Waals surface area contributed by atoms with Crippen LogP contribution in [0.15, 0.2) is 60.9 Å². The maximum atomic E-state index is 5.72. The van der Waals surface area contributed by atoms with Crippen LogP contribution in [0.3, 0.4) is 0 Å². The summed E-state index contributed by atoms with van der Waals surface area (Å²) in [6, 6.07) is 18.3. The number of fused-ring (bicyclic) bond motifs is 1. The second-order valence-electron chi connectivity index (χ2n) is 6.07. The molecule has 0 saturated heterocycles. The third-order valence-corrected chi connectivity index (χ3v) is 5.29. The highest BCUT2D eigenvalue weighted by molar-refractivity contribution is 7.21. The van der Waals surface area contributed by atoms with E-state index in [1.54, 1.807) is 17.7 Å². The Morgan fingerprint density at radius 2 is 1.68 bits per heavy atom. The monoisotopic (exact) mass is 391 g/mol. The molecule has 0 unspecified atom stereocenters. The van der Waals surface area contributed by atoms with Gasteiger partial charge in [0, 0.05) is 16.6 Å².